The van der Waals surface area contributed by atoms with Gasteiger partial charge in [0.2, 0.25) is 11.7 Å². The SMILES string of the molecule is CCCn1ncc(C(=O)c2cc(C)c(Cl)c(C)c2Cl)c1OCC. The summed E-state index contributed by atoms with van der Waals surface area (Å²) in [4.78, 5) is 12.9. The molecule has 1 aromatic heterocycles. The van der Waals surface area contributed by atoms with Crippen molar-refractivity contribution in [1.82, 2.24) is 9.78 Å². The topological polar surface area (TPSA) is 44.1 Å². The van der Waals surface area contributed by atoms with E-state index in [1.54, 1.807) is 23.9 Å². The number of ether oxygens (including phenoxy) is 1. The van der Waals surface area contributed by atoms with Gasteiger partial charge in [-0.25, -0.2) is 4.68 Å². The molecule has 6 heteroatoms. The molecule has 0 N–H and O–H groups in total. The minimum Gasteiger partial charge on any atom is -0.478 e. The lowest BCUT2D eigenvalue weighted by Crippen LogP contribution is -2.09. The fourth-order valence-electron chi connectivity index (χ4n) is 2.44. The third kappa shape index (κ3) is 3.38. The van der Waals surface area contributed by atoms with Crippen LogP contribution in [0.3, 0.4) is 0 Å². The number of benzene rings is 1. The Labute approximate surface area is 146 Å². The maximum Gasteiger partial charge on any atom is 0.223 e. The fourth-order valence-corrected chi connectivity index (χ4v) is 2.87. The van der Waals surface area contributed by atoms with Crippen LogP contribution in [0.1, 0.15) is 47.3 Å². The number of ketones is 1. The molecule has 0 bridgehead atoms. The average molecular weight is 355 g/mol. The molecule has 0 atom stereocenters. The smallest absolute Gasteiger partial charge is 0.223 e. The van der Waals surface area contributed by atoms with Gasteiger partial charge < -0.3 is 4.74 Å². The van der Waals surface area contributed by atoms with Gasteiger partial charge in [0.15, 0.2) is 0 Å². The zero-order valence-electron chi connectivity index (χ0n) is 13.7. The molecule has 0 aliphatic heterocycles. The summed E-state index contributed by atoms with van der Waals surface area (Å²) in [5, 5.41) is 5.22. The van der Waals surface area contributed by atoms with Gasteiger partial charge in [-0.05, 0) is 44.4 Å². The second-order valence-corrected chi connectivity index (χ2v) is 6.10. The molecule has 23 heavy (non-hydrogen) atoms. The Morgan fingerprint density at radius 1 is 1.22 bits per heavy atom. The molecule has 1 aromatic carbocycles. The monoisotopic (exact) mass is 354 g/mol. The molecule has 0 aliphatic carbocycles. The van der Waals surface area contributed by atoms with E-state index in [9.17, 15) is 4.79 Å². The first-order valence-electron chi connectivity index (χ1n) is 7.60. The van der Waals surface area contributed by atoms with E-state index in [1.807, 2.05) is 20.8 Å². The van der Waals surface area contributed by atoms with E-state index in [0.29, 0.717) is 45.8 Å². The van der Waals surface area contributed by atoms with E-state index in [2.05, 4.69) is 5.10 Å². The number of aryl methyl sites for hydroxylation is 2. The number of halogens is 2. The first-order chi connectivity index (χ1) is 10.9. The third-order valence-electron chi connectivity index (χ3n) is 3.60. The number of carbonyl (C=O) groups is 1. The van der Waals surface area contributed by atoms with Crippen LogP contribution in [0.5, 0.6) is 5.88 Å². The molecule has 0 radical (unpaired) electrons. The lowest BCUT2D eigenvalue weighted by molar-refractivity contribution is 0.103. The van der Waals surface area contributed by atoms with Crippen LogP contribution in [0.4, 0.5) is 0 Å². The molecule has 0 spiro atoms. The Morgan fingerprint density at radius 2 is 1.91 bits per heavy atom. The van der Waals surface area contributed by atoms with Crippen molar-refractivity contribution in [3.8, 4) is 5.88 Å². The number of rotatable bonds is 6. The van der Waals surface area contributed by atoms with Crippen LogP contribution >= 0.6 is 23.2 Å². The van der Waals surface area contributed by atoms with Crippen molar-refractivity contribution in [2.75, 3.05) is 6.61 Å². The van der Waals surface area contributed by atoms with Crippen LogP contribution in [0.15, 0.2) is 12.3 Å². The summed E-state index contributed by atoms with van der Waals surface area (Å²) in [7, 11) is 0. The van der Waals surface area contributed by atoms with Gasteiger partial charge in [-0.3, -0.25) is 4.79 Å². The molecule has 0 aliphatic rings. The standard InChI is InChI=1S/C17H20Cl2N2O2/c1-5-7-21-17(23-6-2)13(9-20-21)16(22)12-8-10(3)14(18)11(4)15(12)19/h8-9H,5-7H2,1-4H3. The maximum atomic E-state index is 12.9. The largest absolute Gasteiger partial charge is 0.478 e. The Balaban J connectivity index is 2.53. The molecule has 0 saturated heterocycles. The zero-order valence-corrected chi connectivity index (χ0v) is 15.3. The van der Waals surface area contributed by atoms with Crippen LogP contribution < -0.4 is 4.74 Å². The number of aromatic nitrogens is 2. The minimum atomic E-state index is -0.205. The highest BCUT2D eigenvalue weighted by molar-refractivity contribution is 6.39. The van der Waals surface area contributed by atoms with Crippen molar-refractivity contribution in [2.45, 2.75) is 40.7 Å². The van der Waals surface area contributed by atoms with Gasteiger partial charge in [0.05, 0.1) is 17.8 Å². The van der Waals surface area contributed by atoms with Gasteiger partial charge in [0.1, 0.15) is 5.56 Å². The lowest BCUT2D eigenvalue weighted by atomic mass is 10.0. The van der Waals surface area contributed by atoms with Crippen molar-refractivity contribution in [3.05, 3.63) is 44.6 Å². The Morgan fingerprint density at radius 3 is 2.52 bits per heavy atom. The summed E-state index contributed by atoms with van der Waals surface area (Å²) >= 11 is 12.5. The first kappa shape index (κ1) is 17.8. The molecule has 0 fully saturated rings. The number of hydrogen-bond donors (Lipinski definition) is 0. The van der Waals surface area contributed by atoms with E-state index in [4.69, 9.17) is 27.9 Å². The van der Waals surface area contributed by atoms with Gasteiger partial charge in [-0.2, -0.15) is 5.10 Å². The minimum absolute atomic E-state index is 0.205. The van der Waals surface area contributed by atoms with Crippen molar-refractivity contribution >= 4 is 29.0 Å². The van der Waals surface area contributed by atoms with E-state index >= 15 is 0 Å². The zero-order chi connectivity index (χ0) is 17.1. The molecule has 0 unspecified atom stereocenters. The van der Waals surface area contributed by atoms with Gasteiger partial charge in [0.25, 0.3) is 0 Å². The van der Waals surface area contributed by atoms with Crippen molar-refractivity contribution < 1.29 is 9.53 Å². The van der Waals surface area contributed by atoms with E-state index < -0.39 is 0 Å². The van der Waals surface area contributed by atoms with Gasteiger partial charge in [-0.15, -0.1) is 0 Å². The Kier molecular flexibility index (Phi) is 5.71. The highest BCUT2D eigenvalue weighted by Gasteiger charge is 2.24. The molecule has 2 aromatic rings. The summed E-state index contributed by atoms with van der Waals surface area (Å²) in [5.41, 5.74) is 2.36. The molecule has 0 amide bonds. The highest BCUT2D eigenvalue weighted by atomic mass is 35.5. The Bertz CT molecular complexity index is 739. The predicted molar refractivity (Wildman–Crippen MR) is 93.1 cm³/mol. The quantitative estimate of drug-likeness (QED) is 0.696. The average Bonchev–Trinajstić information content (AvgIpc) is 2.92. The molecule has 0 saturated carbocycles. The van der Waals surface area contributed by atoms with E-state index in [-0.39, 0.29) is 5.78 Å². The first-order valence-corrected chi connectivity index (χ1v) is 8.36. The summed E-state index contributed by atoms with van der Waals surface area (Å²) in [5.74, 6) is 0.282. The fraction of sp³-hybridized carbons (Fsp3) is 0.412. The summed E-state index contributed by atoms with van der Waals surface area (Å²) in [6.45, 7) is 8.73. The van der Waals surface area contributed by atoms with Crippen LogP contribution in [-0.4, -0.2) is 22.2 Å². The maximum absolute atomic E-state index is 12.9. The number of nitrogens with zero attached hydrogens (tertiary/aromatic N) is 2. The summed E-state index contributed by atoms with van der Waals surface area (Å²) in [6.07, 6.45) is 2.44. The van der Waals surface area contributed by atoms with Crippen LogP contribution in [0.2, 0.25) is 10.0 Å². The van der Waals surface area contributed by atoms with Crippen molar-refractivity contribution in [1.29, 1.82) is 0 Å². The van der Waals surface area contributed by atoms with Crippen LogP contribution in [0.25, 0.3) is 0 Å². The van der Waals surface area contributed by atoms with E-state index in [0.717, 1.165) is 12.0 Å². The molecule has 4 nitrogen and oxygen atoms in total. The van der Waals surface area contributed by atoms with Crippen molar-refractivity contribution in [3.63, 3.8) is 0 Å². The lowest BCUT2D eigenvalue weighted by Gasteiger charge is -2.12. The third-order valence-corrected chi connectivity index (χ3v) is 4.67. The second kappa shape index (κ2) is 7.37. The number of carbonyl (C=O) groups excluding carboxylic acids is 1. The Hall–Kier alpha value is -1.52. The highest BCUT2D eigenvalue weighted by Crippen LogP contribution is 2.33. The predicted octanol–water partition coefficient (Wildman–Crippen LogP) is 4.85. The van der Waals surface area contributed by atoms with Gasteiger partial charge >= 0.3 is 0 Å². The normalized spacial score (nSPS) is 10.9. The number of hydrogen-bond acceptors (Lipinski definition) is 3. The van der Waals surface area contributed by atoms with Crippen molar-refractivity contribution in [2.24, 2.45) is 0 Å². The summed E-state index contributed by atoms with van der Waals surface area (Å²) in [6, 6.07) is 1.72. The molecular weight excluding hydrogens is 335 g/mol. The molecule has 124 valence electrons. The van der Waals surface area contributed by atoms with Crippen LogP contribution in [-0.2, 0) is 6.54 Å². The molecule has 2 rings (SSSR count). The van der Waals surface area contributed by atoms with Crippen LogP contribution in [0, 0.1) is 13.8 Å². The molecular formula is C17H20Cl2N2O2. The molecule has 1 heterocycles. The van der Waals surface area contributed by atoms with Gasteiger partial charge in [0, 0.05) is 17.1 Å². The van der Waals surface area contributed by atoms with Gasteiger partial charge in [-0.1, -0.05) is 30.1 Å². The van der Waals surface area contributed by atoms with E-state index in [1.165, 1.54) is 0 Å². The second-order valence-electron chi connectivity index (χ2n) is 5.34. The summed E-state index contributed by atoms with van der Waals surface area (Å²) < 4.78 is 7.35.